The molecule has 4 rings (SSSR count). The molecule has 22 heavy (non-hydrogen) atoms. The lowest BCUT2D eigenvalue weighted by atomic mass is 9.78. The monoisotopic (exact) mass is 293 g/mol. The summed E-state index contributed by atoms with van der Waals surface area (Å²) in [4.78, 5) is 7.82. The maximum atomic E-state index is 8.99. The van der Waals surface area contributed by atoms with Crippen molar-refractivity contribution in [3.05, 3.63) is 30.7 Å². The van der Waals surface area contributed by atoms with E-state index in [1.807, 2.05) is 12.5 Å². The van der Waals surface area contributed by atoms with Gasteiger partial charge in [-0.3, -0.25) is 0 Å². The van der Waals surface area contributed by atoms with Crippen LogP contribution >= 0.6 is 0 Å². The fourth-order valence-electron chi connectivity index (χ4n) is 3.46. The number of aromatic amines is 1. The van der Waals surface area contributed by atoms with Gasteiger partial charge in [0.2, 0.25) is 0 Å². The molecule has 112 valence electrons. The van der Waals surface area contributed by atoms with Gasteiger partial charge >= 0.3 is 0 Å². The van der Waals surface area contributed by atoms with Gasteiger partial charge in [0, 0.05) is 36.6 Å². The number of benzene rings is 1. The average Bonchev–Trinajstić information content (AvgIpc) is 3.13. The Bertz CT molecular complexity index is 858. The van der Waals surface area contributed by atoms with Gasteiger partial charge in [0.05, 0.1) is 17.1 Å². The molecule has 1 aliphatic heterocycles. The summed E-state index contributed by atoms with van der Waals surface area (Å²) in [5, 5.41) is 12.5. The van der Waals surface area contributed by atoms with Crippen LogP contribution < -0.4 is 5.01 Å². The zero-order valence-corrected chi connectivity index (χ0v) is 12.7. The van der Waals surface area contributed by atoms with Crippen molar-refractivity contribution in [2.75, 3.05) is 18.1 Å². The van der Waals surface area contributed by atoms with Crippen molar-refractivity contribution < 1.29 is 0 Å². The highest BCUT2D eigenvalue weighted by Gasteiger charge is 2.30. The lowest BCUT2D eigenvalue weighted by Gasteiger charge is -2.39. The fraction of sp³-hybridized carbons (Fsp3) is 0.412. The van der Waals surface area contributed by atoms with Crippen LogP contribution in [0.4, 0.5) is 0 Å². The van der Waals surface area contributed by atoms with E-state index in [1.54, 1.807) is 0 Å². The first-order valence-electron chi connectivity index (χ1n) is 7.76. The highest BCUT2D eigenvalue weighted by molar-refractivity contribution is 6.03. The first kappa shape index (κ1) is 13.2. The van der Waals surface area contributed by atoms with Crippen LogP contribution in [0.3, 0.4) is 0 Å². The number of hydrogen-bond donors (Lipinski definition) is 1. The van der Waals surface area contributed by atoms with Crippen molar-refractivity contribution in [3.8, 4) is 6.07 Å². The van der Waals surface area contributed by atoms with Gasteiger partial charge in [-0.15, -0.1) is 0 Å². The summed E-state index contributed by atoms with van der Waals surface area (Å²) in [5.74, 6) is 0. The van der Waals surface area contributed by atoms with Crippen molar-refractivity contribution in [2.24, 2.45) is 5.41 Å². The van der Waals surface area contributed by atoms with E-state index in [4.69, 9.17) is 5.26 Å². The first-order valence-corrected chi connectivity index (χ1v) is 7.76. The summed E-state index contributed by atoms with van der Waals surface area (Å²) in [6.45, 7) is 4.15. The lowest BCUT2D eigenvalue weighted by molar-refractivity contribution is 0.236. The maximum absolute atomic E-state index is 8.99. The Balaban J connectivity index is 1.71. The Hall–Kier alpha value is -2.48. The zero-order valence-electron chi connectivity index (χ0n) is 12.7. The second-order valence-electron chi connectivity index (χ2n) is 6.56. The molecule has 0 saturated carbocycles. The molecular weight excluding hydrogens is 274 g/mol. The van der Waals surface area contributed by atoms with Gasteiger partial charge in [-0.25, -0.2) is 9.66 Å². The molecule has 5 heteroatoms. The van der Waals surface area contributed by atoms with E-state index in [9.17, 15) is 0 Å². The largest absolute Gasteiger partial charge is 0.361 e. The predicted molar refractivity (Wildman–Crippen MR) is 87.1 cm³/mol. The zero-order chi connectivity index (χ0) is 15.2. The van der Waals surface area contributed by atoms with E-state index in [0.29, 0.717) is 6.42 Å². The van der Waals surface area contributed by atoms with Crippen molar-refractivity contribution in [3.63, 3.8) is 0 Å². The second-order valence-corrected chi connectivity index (χ2v) is 6.56. The summed E-state index contributed by atoms with van der Waals surface area (Å²) in [6.07, 6.45) is 6.63. The van der Waals surface area contributed by atoms with E-state index >= 15 is 0 Å². The number of imidazole rings is 1. The number of fused-ring (bicyclic) bond motifs is 3. The van der Waals surface area contributed by atoms with Crippen molar-refractivity contribution >= 4 is 21.9 Å². The van der Waals surface area contributed by atoms with Crippen LogP contribution in [0.25, 0.3) is 21.9 Å². The fourth-order valence-corrected chi connectivity index (χ4v) is 3.46. The molecule has 1 aromatic carbocycles. The predicted octanol–water partition coefficient (Wildman–Crippen LogP) is 3.17. The molecule has 5 nitrogen and oxygen atoms in total. The number of rotatable bonds is 2. The van der Waals surface area contributed by atoms with E-state index in [-0.39, 0.29) is 5.41 Å². The summed E-state index contributed by atoms with van der Waals surface area (Å²) in [7, 11) is 0. The van der Waals surface area contributed by atoms with E-state index in [0.717, 1.165) is 37.0 Å². The number of piperidine rings is 1. The topological polar surface area (TPSA) is 60.6 Å². The quantitative estimate of drug-likeness (QED) is 0.789. The molecule has 1 N–H and O–H groups in total. The molecule has 1 saturated heterocycles. The molecular formula is C17H19N5. The van der Waals surface area contributed by atoms with Gasteiger partial charge in [0.1, 0.15) is 6.33 Å². The van der Waals surface area contributed by atoms with Crippen LogP contribution in [0, 0.1) is 16.7 Å². The molecule has 0 unspecified atom stereocenters. The average molecular weight is 293 g/mol. The Morgan fingerprint density at radius 2 is 2.14 bits per heavy atom. The van der Waals surface area contributed by atoms with Crippen molar-refractivity contribution in [2.45, 2.75) is 26.2 Å². The van der Waals surface area contributed by atoms with Gasteiger partial charge in [0.25, 0.3) is 0 Å². The molecule has 0 aliphatic carbocycles. The van der Waals surface area contributed by atoms with Crippen LogP contribution in [0.1, 0.15) is 26.2 Å². The van der Waals surface area contributed by atoms with Gasteiger partial charge in [-0.1, -0.05) is 6.92 Å². The molecule has 1 fully saturated rings. The molecule has 0 atom stereocenters. The van der Waals surface area contributed by atoms with Gasteiger partial charge in [-0.2, -0.15) is 5.26 Å². The number of hydrogen-bond acceptors (Lipinski definition) is 3. The van der Waals surface area contributed by atoms with Crippen LogP contribution in [0.5, 0.6) is 0 Å². The number of nitriles is 1. The third-order valence-electron chi connectivity index (χ3n) is 4.98. The van der Waals surface area contributed by atoms with E-state index in [1.165, 1.54) is 10.9 Å². The first-order chi connectivity index (χ1) is 10.7. The minimum Gasteiger partial charge on any atom is -0.361 e. The summed E-state index contributed by atoms with van der Waals surface area (Å²) >= 11 is 0. The summed E-state index contributed by atoms with van der Waals surface area (Å²) in [6, 6.07) is 8.59. The van der Waals surface area contributed by atoms with Gasteiger partial charge in [0.15, 0.2) is 0 Å². The number of nitrogens with one attached hydrogen (secondary N) is 1. The van der Waals surface area contributed by atoms with Gasteiger partial charge in [-0.05, 0) is 36.5 Å². The maximum Gasteiger partial charge on any atom is 0.116 e. The highest BCUT2D eigenvalue weighted by Crippen LogP contribution is 2.34. The van der Waals surface area contributed by atoms with Crippen LogP contribution in [-0.2, 0) is 0 Å². The SMILES string of the molecule is CC1(CC#N)CCN(n2cnc3ccc4[nH]ccc4c32)CC1. The van der Waals surface area contributed by atoms with Crippen LogP contribution in [-0.4, -0.2) is 27.7 Å². The second kappa shape index (κ2) is 4.77. The minimum absolute atomic E-state index is 0.158. The van der Waals surface area contributed by atoms with E-state index < -0.39 is 0 Å². The van der Waals surface area contributed by atoms with E-state index in [2.05, 4.69) is 50.8 Å². The molecule has 0 bridgehead atoms. The van der Waals surface area contributed by atoms with Crippen molar-refractivity contribution in [1.29, 1.82) is 5.26 Å². The van der Waals surface area contributed by atoms with Crippen LogP contribution in [0.2, 0.25) is 0 Å². The normalized spacial score (nSPS) is 17.9. The third-order valence-corrected chi connectivity index (χ3v) is 4.98. The lowest BCUT2D eigenvalue weighted by Crippen LogP contribution is -2.44. The highest BCUT2D eigenvalue weighted by atomic mass is 15.6. The Morgan fingerprint density at radius 3 is 2.91 bits per heavy atom. The number of nitrogens with zero attached hydrogens (tertiary/aromatic N) is 4. The smallest absolute Gasteiger partial charge is 0.116 e. The summed E-state index contributed by atoms with van der Waals surface area (Å²) < 4.78 is 2.19. The molecule has 0 spiro atoms. The Labute approximate surface area is 129 Å². The Kier molecular flexibility index (Phi) is 2.86. The number of aromatic nitrogens is 3. The molecule has 0 amide bonds. The molecule has 3 aromatic rings. The number of H-pyrrole nitrogens is 1. The Morgan fingerprint density at radius 1 is 1.32 bits per heavy atom. The van der Waals surface area contributed by atoms with Crippen molar-refractivity contribution in [1.82, 2.24) is 14.6 Å². The summed E-state index contributed by atoms with van der Waals surface area (Å²) in [5.41, 5.74) is 3.49. The minimum atomic E-state index is 0.158. The van der Waals surface area contributed by atoms with Crippen LogP contribution in [0.15, 0.2) is 30.7 Å². The molecule has 3 heterocycles. The molecule has 1 aliphatic rings. The molecule has 2 aromatic heterocycles. The van der Waals surface area contributed by atoms with Gasteiger partial charge < -0.3 is 9.99 Å². The molecule has 0 radical (unpaired) electrons. The third kappa shape index (κ3) is 1.95. The standard InChI is InChI=1S/C17H19N5/c1-17(5-8-18)6-10-21(11-7-17)22-12-20-15-3-2-14-13(16(15)22)4-9-19-14/h2-4,9,12,19H,5-7,10-11H2,1H3.